The van der Waals surface area contributed by atoms with Crippen molar-refractivity contribution in [2.75, 3.05) is 0 Å². The maximum Gasteiger partial charge on any atom is 2.00 e. The molecule has 30 nitrogen and oxygen atoms in total. The summed E-state index contributed by atoms with van der Waals surface area (Å²) >= 11 is 0.569. The maximum absolute atomic E-state index is 8.89. The van der Waals surface area contributed by atoms with Crippen LogP contribution in [-0.2, 0) is 169 Å². The van der Waals surface area contributed by atoms with E-state index in [0.717, 1.165) is 83.1 Å². The molecule has 39 heteroatoms. The van der Waals surface area contributed by atoms with Crippen LogP contribution in [0.15, 0.2) is 0 Å². The number of carbonyl (C=O) groups excluding carboxylic acids is 12. The summed E-state index contributed by atoms with van der Waals surface area (Å²) in [7, 11) is 9.40. The molecule has 0 aromatic heterocycles. The molecule has 0 fully saturated rings. The summed E-state index contributed by atoms with van der Waals surface area (Å²) in [4.78, 5) is 107. The first-order valence-electron chi connectivity index (χ1n) is 11.1. The summed E-state index contributed by atoms with van der Waals surface area (Å²) in [5.74, 6) is -13.0. The Morgan fingerprint density at radius 2 is 0.222 bits per heavy atom. The normalized spacial score (nSPS) is 5.11. The summed E-state index contributed by atoms with van der Waals surface area (Å²) < 4.78 is 0. The molecule has 0 unspecified atom stereocenters. The summed E-state index contributed by atoms with van der Waals surface area (Å²) in [6.07, 6.45) is 0. The molecule has 0 spiro atoms. The number of halogens is 2. The van der Waals surface area contributed by atoms with Gasteiger partial charge < -0.3 is 152 Å². The second-order valence-electron chi connectivity index (χ2n) is 5.94. The minimum atomic E-state index is -1.08. The number of carboxylic acids is 12. The largest absolute Gasteiger partial charge is 2.00 e. The van der Waals surface area contributed by atoms with Crippen LogP contribution >= 0.6 is 20.4 Å². The van der Waals surface area contributed by atoms with Crippen LogP contribution in [0.4, 0.5) is 0 Å². The maximum atomic E-state index is 8.89. The van der Waals surface area contributed by atoms with Gasteiger partial charge in [0.2, 0.25) is 0 Å². The van der Waals surface area contributed by atoms with Crippen LogP contribution in [0.25, 0.3) is 0 Å². The average Bonchev–Trinajstić information content (AvgIpc) is 2.68. The van der Waals surface area contributed by atoms with Gasteiger partial charge in [-0.1, -0.05) is 0 Å². The first kappa shape index (κ1) is 170. The van der Waals surface area contributed by atoms with E-state index >= 15 is 0 Å². The third-order valence-corrected chi connectivity index (χ3v) is 0. The average molecular weight is 1300 g/mol. The monoisotopic (exact) mass is 1290 g/mol. The fourth-order valence-corrected chi connectivity index (χ4v) is 0. The predicted molar refractivity (Wildman–Crippen MR) is 162 cm³/mol. The van der Waals surface area contributed by atoms with Crippen molar-refractivity contribution in [3.63, 3.8) is 0 Å². The Morgan fingerprint density at radius 1 is 0.222 bits per heavy atom. The van der Waals surface area contributed by atoms with Crippen molar-refractivity contribution in [3.8, 4) is 0 Å². The summed E-state index contributed by atoms with van der Waals surface area (Å²) in [5, 5.41) is 107. The molecule has 0 saturated carbocycles. The van der Waals surface area contributed by atoms with Crippen LogP contribution in [-0.4, -0.2) is 104 Å². The van der Waals surface area contributed by atoms with E-state index in [4.69, 9.17) is 139 Å². The molecule has 0 bridgehead atoms. The quantitative estimate of drug-likeness (QED) is 0.203. The molecule has 0 aliphatic heterocycles. The number of aliphatic carboxylic acids is 12. The SMILES string of the molecule is CC(=O)[O-].CC(=O)[O-].CC(=O)[O-].CC(=O)[O-].CC(=O)[O-].CC(=O)[O-].CC(=O)[O-].CC(=O)[O-].CC(=O)[O-].CC(=O)[O-].CC(=O)[O-].CC(=O)[O-].O.O.O.O.O.O.[Cl][Ni][Cl].[Ni+2].[Ni+2].[Ni+2].[Ni+2].[Ni+2].[Ni+2]. The van der Waals surface area contributed by atoms with Gasteiger partial charge in [0.05, 0.1) is 0 Å². The van der Waals surface area contributed by atoms with Gasteiger partial charge in [-0.25, -0.2) is 0 Å². The minimum absolute atomic E-state index is 0. The molecule has 0 aromatic carbocycles. The first-order valence-corrected chi connectivity index (χ1v) is 13.9. The zero-order valence-corrected chi connectivity index (χ0v) is 42.2. The number of carbonyl (C=O) groups is 12. The molecule has 0 amide bonds. The molecule has 0 heterocycles. The molecular weight excluding hydrogens is 1250 g/mol. The number of rotatable bonds is 0. The zero-order chi connectivity index (χ0) is 45.6. The molecule has 0 radical (unpaired) electrons. The molecule has 12 N–H and O–H groups in total. The van der Waals surface area contributed by atoms with Crippen molar-refractivity contribution >= 4 is 92.0 Å². The molecule has 0 aromatic rings. The van der Waals surface area contributed by atoms with Gasteiger partial charge >= 0.3 is 132 Å². The van der Waals surface area contributed by atoms with E-state index in [9.17, 15) is 0 Å². The fraction of sp³-hybridized carbons (Fsp3) is 0.500. The molecule has 0 atom stereocenters. The van der Waals surface area contributed by atoms with Crippen LogP contribution < -0.4 is 61.3 Å². The third kappa shape index (κ3) is 29800. The van der Waals surface area contributed by atoms with Gasteiger partial charge in [-0.2, -0.15) is 0 Å². The Labute approximate surface area is 435 Å². The Hall–Kier alpha value is -2.57. The van der Waals surface area contributed by atoms with Gasteiger partial charge in [-0.05, 0) is 83.1 Å². The van der Waals surface area contributed by atoms with Gasteiger partial charge in [0.25, 0.3) is 0 Å². The van der Waals surface area contributed by atoms with Gasteiger partial charge in [0, 0.05) is 71.6 Å². The van der Waals surface area contributed by atoms with Gasteiger partial charge in [-0.15, -0.1) is 0 Å². The molecule has 408 valence electrons. The van der Waals surface area contributed by atoms with Gasteiger partial charge in [-0.3, -0.25) is 0 Å². The Bertz CT molecular complexity index is 647. The number of hydrogen-bond donors (Lipinski definition) is 0. The van der Waals surface area contributed by atoms with Crippen LogP contribution in [0.3, 0.4) is 0 Å². The van der Waals surface area contributed by atoms with Crippen LogP contribution in [0.5, 0.6) is 0 Å². The van der Waals surface area contributed by atoms with Crippen molar-refractivity contribution in [2.24, 2.45) is 0 Å². The zero-order valence-electron chi connectivity index (χ0n) is 33.8. The first-order chi connectivity index (χ1) is 22.2. The van der Waals surface area contributed by atoms with E-state index in [1.807, 2.05) is 0 Å². The molecule has 0 saturated heterocycles. The minimum Gasteiger partial charge on any atom is 2.00 e. The Kier molecular flexibility index (Phi) is 462. The second-order valence-corrected chi connectivity index (χ2v) is 7.58. The van der Waals surface area contributed by atoms with E-state index in [2.05, 4.69) is 0 Å². The Balaban J connectivity index is -0.0000000106. The van der Waals surface area contributed by atoms with Crippen LogP contribution in [0.1, 0.15) is 83.1 Å². The van der Waals surface area contributed by atoms with Gasteiger partial charge in [0.1, 0.15) is 0 Å². The molecule has 0 aliphatic carbocycles. The second kappa shape index (κ2) is 171. The Morgan fingerprint density at radius 3 is 0.222 bits per heavy atom. The van der Waals surface area contributed by atoms with Crippen LogP contribution in [0.2, 0.25) is 0 Å². The van der Waals surface area contributed by atoms with Crippen molar-refractivity contribution in [1.82, 2.24) is 0 Å². The topological polar surface area (TPSA) is 671 Å². The van der Waals surface area contributed by atoms with E-state index in [-0.39, 0.29) is 132 Å². The summed E-state index contributed by atoms with van der Waals surface area (Å²) in [6.45, 7) is 11.7. The van der Waals surface area contributed by atoms with Crippen molar-refractivity contribution in [2.45, 2.75) is 83.1 Å². The van der Waals surface area contributed by atoms with Crippen molar-refractivity contribution in [1.29, 1.82) is 0 Å². The standard InChI is InChI=1S/12C2H4O2.2ClH.7Ni.6H2O/c12*1-2(3)4;;;;;;;;;;;;;;;/h12*1H3,(H,3,4);2*1H;;;;;;;;6*1H2/q;;;;;;;;;;;;;;7*+2;;;;;;/p-14. The van der Waals surface area contributed by atoms with E-state index in [1.165, 1.54) is 0 Å². The van der Waals surface area contributed by atoms with Crippen molar-refractivity contribution in [3.05, 3.63) is 0 Å². The third-order valence-electron chi connectivity index (χ3n) is 0. The number of hydrogen-bond acceptors (Lipinski definition) is 24. The molecule has 0 aliphatic rings. The predicted octanol–water partition coefficient (Wildman–Crippen LogP) is -18.5. The van der Waals surface area contributed by atoms with E-state index in [0.29, 0.717) is 12.7 Å². The van der Waals surface area contributed by atoms with Gasteiger partial charge in [0.15, 0.2) is 0 Å². The fourth-order valence-electron chi connectivity index (χ4n) is 0. The van der Waals surface area contributed by atoms with E-state index in [1.54, 1.807) is 0 Å². The summed E-state index contributed by atoms with van der Waals surface area (Å²) in [5.41, 5.74) is 0. The van der Waals surface area contributed by atoms with Crippen LogP contribution in [0, 0.1) is 0 Å². The number of carboxylic acid groups (broad SMARTS) is 12. The summed E-state index contributed by atoms with van der Waals surface area (Å²) in [6, 6.07) is 0. The van der Waals surface area contributed by atoms with Crippen molar-refractivity contribution < 1.29 is 263 Å². The molecule has 63 heavy (non-hydrogen) atoms. The molecular formula is C24H48Cl2Ni7O30. The van der Waals surface area contributed by atoms with E-state index < -0.39 is 71.6 Å². The molecule has 0 rings (SSSR count). The smallest absolute Gasteiger partial charge is 2.00 e.